The molecule has 0 aromatic carbocycles. The number of nitrogens with one attached hydrogen (secondary N) is 1. The molecule has 4 rings (SSSR count). The van der Waals surface area contributed by atoms with Crippen LogP contribution in [0, 0.1) is 13.8 Å². The molecule has 7 nitrogen and oxygen atoms in total. The van der Waals surface area contributed by atoms with Gasteiger partial charge in [0, 0.05) is 24.0 Å². The van der Waals surface area contributed by atoms with E-state index >= 15 is 0 Å². The molecule has 0 bridgehead atoms. The summed E-state index contributed by atoms with van der Waals surface area (Å²) in [4.78, 5) is 33.3. The number of fused-ring (bicyclic) bond motifs is 1. The van der Waals surface area contributed by atoms with E-state index in [-0.39, 0.29) is 23.9 Å². The van der Waals surface area contributed by atoms with Gasteiger partial charge < -0.3 is 9.80 Å². The monoisotopic (exact) mass is 345 g/mol. The third-order valence-corrected chi connectivity index (χ3v) is 5.62. The van der Waals surface area contributed by atoms with Crippen molar-refractivity contribution in [3.05, 3.63) is 33.5 Å². The van der Waals surface area contributed by atoms with Crippen LogP contribution < -0.4 is 0 Å². The molecule has 126 valence electrons. The fourth-order valence-corrected chi connectivity index (χ4v) is 4.32. The van der Waals surface area contributed by atoms with Gasteiger partial charge in [-0.25, -0.2) is 4.98 Å². The number of carbonyl (C=O) groups is 2. The smallest absolute Gasteiger partial charge is 0.274 e. The predicted molar refractivity (Wildman–Crippen MR) is 88.6 cm³/mol. The van der Waals surface area contributed by atoms with E-state index in [0.29, 0.717) is 25.2 Å². The highest BCUT2D eigenvalue weighted by Gasteiger charge is 2.48. The number of rotatable bonds is 3. The van der Waals surface area contributed by atoms with Crippen molar-refractivity contribution in [2.75, 3.05) is 6.54 Å². The number of thiazole rings is 1. The molecule has 2 aromatic heterocycles. The van der Waals surface area contributed by atoms with Crippen molar-refractivity contribution in [3.8, 4) is 0 Å². The Kier molecular flexibility index (Phi) is 3.64. The summed E-state index contributed by atoms with van der Waals surface area (Å²) in [5.74, 6) is 0.0114. The van der Waals surface area contributed by atoms with Crippen LogP contribution in [0.5, 0.6) is 0 Å². The molecule has 1 N–H and O–H groups in total. The van der Waals surface area contributed by atoms with Gasteiger partial charge in [-0.05, 0) is 26.3 Å². The van der Waals surface area contributed by atoms with Gasteiger partial charge in [-0.15, -0.1) is 11.3 Å². The van der Waals surface area contributed by atoms with Gasteiger partial charge in [0.2, 0.25) is 5.91 Å². The third-order valence-electron chi connectivity index (χ3n) is 4.80. The molecule has 2 aromatic rings. The molecule has 2 aliphatic rings. The van der Waals surface area contributed by atoms with E-state index in [1.54, 1.807) is 17.4 Å². The van der Waals surface area contributed by atoms with Gasteiger partial charge in [-0.3, -0.25) is 14.7 Å². The van der Waals surface area contributed by atoms with Crippen molar-refractivity contribution in [1.29, 1.82) is 0 Å². The Hall–Kier alpha value is -2.22. The van der Waals surface area contributed by atoms with Crippen LogP contribution in [-0.2, 0) is 11.3 Å². The molecule has 0 saturated carbocycles. The number of nitrogens with zero attached hydrogens (tertiary/aromatic N) is 4. The molecule has 2 atom stereocenters. The predicted octanol–water partition coefficient (Wildman–Crippen LogP) is 1.50. The molecule has 8 heteroatoms. The van der Waals surface area contributed by atoms with Crippen LogP contribution in [0.2, 0.25) is 0 Å². The zero-order valence-electron chi connectivity index (χ0n) is 13.7. The highest BCUT2D eigenvalue weighted by Crippen LogP contribution is 2.34. The Morgan fingerprint density at radius 3 is 2.92 bits per heavy atom. The average Bonchev–Trinajstić information content (AvgIpc) is 3.28. The SMILES string of the molecule is Cc1cc(C(=O)N2CC[C@H]3[C@H]2CC(=O)N3Cc2csc(C)n2)n[nH]1. The molecule has 2 fully saturated rings. The Bertz CT molecular complexity index is 798. The maximum absolute atomic E-state index is 12.7. The molecule has 0 radical (unpaired) electrons. The van der Waals surface area contributed by atoms with E-state index in [0.717, 1.165) is 22.8 Å². The summed E-state index contributed by atoms with van der Waals surface area (Å²) < 4.78 is 0. The van der Waals surface area contributed by atoms with Crippen LogP contribution >= 0.6 is 11.3 Å². The minimum atomic E-state index is -0.0917. The topological polar surface area (TPSA) is 82.2 Å². The number of hydrogen-bond acceptors (Lipinski definition) is 5. The minimum absolute atomic E-state index is 0.0539. The second kappa shape index (κ2) is 5.70. The summed E-state index contributed by atoms with van der Waals surface area (Å²) in [5, 5.41) is 9.87. The molecule has 2 amide bonds. The van der Waals surface area contributed by atoms with Crippen molar-refractivity contribution in [2.45, 2.75) is 45.3 Å². The second-order valence-electron chi connectivity index (χ2n) is 6.44. The van der Waals surface area contributed by atoms with Crippen molar-refractivity contribution in [3.63, 3.8) is 0 Å². The Morgan fingerprint density at radius 2 is 2.25 bits per heavy atom. The van der Waals surface area contributed by atoms with Crippen molar-refractivity contribution >= 4 is 23.2 Å². The van der Waals surface area contributed by atoms with Crippen LogP contribution in [0.25, 0.3) is 0 Å². The lowest BCUT2D eigenvalue weighted by Gasteiger charge is -2.24. The van der Waals surface area contributed by atoms with Crippen LogP contribution in [-0.4, -0.2) is 55.4 Å². The van der Waals surface area contributed by atoms with Crippen molar-refractivity contribution < 1.29 is 9.59 Å². The second-order valence-corrected chi connectivity index (χ2v) is 7.50. The van der Waals surface area contributed by atoms with Gasteiger partial charge in [-0.1, -0.05) is 0 Å². The molecule has 0 spiro atoms. The average molecular weight is 345 g/mol. The maximum Gasteiger partial charge on any atom is 0.274 e. The van der Waals surface area contributed by atoms with E-state index < -0.39 is 0 Å². The number of aryl methyl sites for hydroxylation is 2. The van der Waals surface area contributed by atoms with Gasteiger partial charge in [0.25, 0.3) is 5.91 Å². The standard InChI is InChI=1S/C16H19N5O2S/c1-9-5-12(19-18-9)16(23)20-4-3-13-14(20)6-15(22)21(13)7-11-8-24-10(2)17-11/h5,8,13-14H,3-4,6-7H2,1-2H3,(H,18,19)/t13-,14+/m0/s1. The first-order chi connectivity index (χ1) is 11.5. The van der Waals surface area contributed by atoms with E-state index in [2.05, 4.69) is 15.2 Å². The van der Waals surface area contributed by atoms with Crippen LogP contribution in [0.3, 0.4) is 0 Å². The summed E-state index contributed by atoms with van der Waals surface area (Å²) in [6, 6.07) is 1.78. The van der Waals surface area contributed by atoms with Crippen molar-refractivity contribution in [2.24, 2.45) is 0 Å². The molecular formula is C16H19N5O2S. The fraction of sp³-hybridized carbons (Fsp3) is 0.500. The quantitative estimate of drug-likeness (QED) is 0.914. The lowest BCUT2D eigenvalue weighted by atomic mass is 10.1. The highest BCUT2D eigenvalue weighted by molar-refractivity contribution is 7.09. The summed E-state index contributed by atoms with van der Waals surface area (Å²) in [5.41, 5.74) is 2.21. The zero-order valence-corrected chi connectivity index (χ0v) is 14.5. The molecule has 0 unspecified atom stereocenters. The largest absolute Gasteiger partial charge is 0.332 e. The Balaban J connectivity index is 1.51. The maximum atomic E-state index is 12.7. The normalized spacial score (nSPS) is 23.2. The minimum Gasteiger partial charge on any atom is -0.332 e. The Labute approximate surface area is 143 Å². The first kappa shape index (κ1) is 15.3. The summed E-state index contributed by atoms with van der Waals surface area (Å²) >= 11 is 1.59. The Morgan fingerprint density at radius 1 is 1.42 bits per heavy atom. The van der Waals surface area contributed by atoms with Crippen molar-refractivity contribution in [1.82, 2.24) is 25.0 Å². The molecule has 4 heterocycles. The van der Waals surface area contributed by atoms with E-state index in [1.807, 2.05) is 29.0 Å². The van der Waals surface area contributed by atoms with Gasteiger partial charge in [0.1, 0.15) is 5.69 Å². The summed E-state index contributed by atoms with van der Waals surface area (Å²) in [6.45, 7) is 5.03. The van der Waals surface area contributed by atoms with E-state index in [1.165, 1.54) is 0 Å². The summed E-state index contributed by atoms with van der Waals surface area (Å²) in [6.07, 6.45) is 1.21. The van der Waals surface area contributed by atoms with Crippen LogP contribution in [0.15, 0.2) is 11.4 Å². The summed E-state index contributed by atoms with van der Waals surface area (Å²) in [7, 11) is 0. The molecule has 2 aliphatic heterocycles. The van der Waals surface area contributed by atoms with Gasteiger partial charge in [0.15, 0.2) is 0 Å². The number of aromatic nitrogens is 3. The molecule has 2 saturated heterocycles. The van der Waals surface area contributed by atoms with Crippen LogP contribution in [0.1, 0.15) is 39.7 Å². The first-order valence-electron chi connectivity index (χ1n) is 8.06. The molecule has 24 heavy (non-hydrogen) atoms. The number of H-pyrrole nitrogens is 1. The fourth-order valence-electron chi connectivity index (χ4n) is 3.72. The zero-order chi connectivity index (χ0) is 16.8. The third kappa shape index (κ3) is 2.50. The highest BCUT2D eigenvalue weighted by atomic mass is 32.1. The number of aromatic amines is 1. The van der Waals surface area contributed by atoms with E-state index in [4.69, 9.17) is 0 Å². The van der Waals surface area contributed by atoms with Gasteiger partial charge in [0.05, 0.1) is 29.3 Å². The first-order valence-corrected chi connectivity index (χ1v) is 8.94. The molecule has 0 aliphatic carbocycles. The lowest BCUT2D eigenvalue weighted by Crippen LogP contribution is -2.39. The van der Waals surface area contributed by atoms with Crippen LogP contribution in [0.4, 0.5) is 0 Å². The number of amides is 2. The van der Waals surface area contributed by atoms with Gasteiger partial charge >= 0.3 is 0 Å². The number of carbonyl (C=O) groups excluding carboxylic acids is 2. The van der Waals surface area contributed by atoms with E-state index in [9.17, 15) is 9.59 Å². The lowest BCUT2D eigenvalue weighted by molar-refractivity contribution is -0.129. The molecular weight excluding hydrogens is 326 g/mol. The number of hydrogen-bond donors (Lipinski definition) is 1. The number of likely N-dealkylation sites (tertiary alicyclic amines) is 2. The van der Waals surface area contributed by atoms with Gasteiger partial charge in [-0.2, -0.15) is 5.10 Å².